The highest BCUT2D eigenvalue weighted by molar-refractivity contribution is 6.31. The molecule has 3 heteroatoms. The molecule has 0 bridgehead atoms. The van der Waals surface area contributed by atoms with Crippen molar-refractivity contribution < 1.29 is 0 Å². The van der Waals surface area contributed by atoms with Crippen LogP contribution in [0.3, 0.4) is 0 Å². The van der Waals surface area contributed by atoms with Crippen molar-refractivity contribution >= 4 is 17.3 Å². The highest BCUT2D eigenvalue weighted by Crippen LogP contribution is 2.32. The molecule has 0 N–H and O–H groups in total. The molecule has 1 aromatic rings. The van der Waals surface area contributed by atoms with Gasteiger partial charge in [-0.1, -0.05) is 37.9 Å². The van der Waals surface area contributed by atoms with E-state index in [-0.39, 0.29) is 0 Å². The van der Waals surface area contributed by atoms with E-state index in [0.717, 1.165) is 23.2 Å². The van der Waals surface area contributed by atoms with Crippen LogP contribution in [-0.4, -0.2) is 36.6 Å². The molecule has 2 aliphatic heterocycles. The lowest BCUT2D eigenvalue weighted by molar-refractivity contribution is 0.100. The number of hydrogen-bond acceptors (Lipinski definition) is 2. The molecule has 3 rings (SSSR count). The van der Waals surface area contributed by atoms with Crippen LogP contribution in [0.25, 0.3) is 0 Å². The summed E-state index contributed by atoms with van der Waals surface area (Å²) >= 11 is 6.36. The smallest absolute Gasteiger partial charge is 0.0455 e. The van der Waals surface area contributed by atoms with Crippen molar-refractivity contribution in [2.45, 2.75) is 52.1 Å². The van der Waals surface area contributed by atoms with E-state index in [2.05, 4.69) is 48.8 Å². The van der Waals surface area contributed by atoms with Gasteiger partial charge in [0.2, 0.25) is 0 Å². The fourth-order valence-corrected chi connectivity index (χ4v) is 4.01. The monoisotopic (exact) mass is 306 g/mol. The summed E-state index contributed by atoms with van der Waals surface area (Å²) in [6.45, 7) is 10.4. The first kappa shape index (κ1) is 15.2. The number of benzene rings is 1. The van der Waals surface area contributed by atoms with Gasteiger partial charge in [-0.15, -0.1) is 0 Å². The van der Waals surface area contributed by atoms with Gasteiger partial charge in [-0.25, -0.2) is 0 Å². The van der Waals surface area contributed by atoms with Crippen molar-refractivity contribution in [1.82, 2.24) is 4.90 Å². The Balaban J connectivity index is 1.88. The van der Waals surface area contributed by atoms with E-state index in [1.165, 1.54) is 38.0 Å². The minimum Gasteiger partial charge on any atom is -0.365 e. The van der Waals surface area contributed by atoms with Crippen LogP contribution in [0.15, 0.2) is 18.2 Å². The molecule has 0 radical (unpaired) electrons. The quantitative estimate of drug-likeness (QED) is 0.801. The van der Waals surface area contributed by atoms with Gasteiger partial charge in [-0.3, -0.25) is 4.90 Å². The van der Waals surface area contributed by atoms with E-state index in [1.807, 2.05) is 0 Å². The van der Waals surface area contributed by atoms with E-state index < -0.39 is 0 Å². The van der Waals surface area contributed by atoms with Crippen LogP contribution in [0, 0.1) is 12.8 Å². The van der Waals surface area contributed by atoms with Gasteiger partial charge in [0, 0.05) is 35.9 Å². The topological polar surface area (TPSA) is 6.48 Å². The maximum Gasteiger partial charge on any atom is 0.0455 e. The second kappa shape index (κ2) is 6.18. The molecule has 2 heterocycles. The van der Waals surface area contributed by atoms with Gasteiger partial charge in [0.05, 0.1) is 0 Å². The molecular weight excluding hydrogens is 280 g/mol. The number of halogens is 1. The number of rotatable bonds is 2. The van der Waals surface area contributed by atoms with Crippen LogP contribution in [0.2, 0.25) is 5.02 Å². The second-order valence-electron chi connectivity index (χ2n) is 7.04. The highest BCUT2D eigenvalue weighted by Gasteiger charge is 2.36. The molecular formula is C18H27ClN2. The summed E-state index contributed by atoms with van der Waals surface area (Å²) in [5.41, 5.74) is 2.47. The first-order chi connectivity index (χ1) is 10.1. The molecule has 2 unspecified atom stereocenters. The number of anilines is 1. The zero-order chi connectivity index (χ0) is 15.0. The molecule has 116 valence electrons. The third kappa shape index (κ3) is 3.07. The number of hydrogen-bond donors (Lipinski definition) is 0. The summed E-state index contributed by atoms with van der Waals surface area (Å²) in [6, 6.07) is 7.88. The van der Waals surface area contributed by atoms with Crippen molar-refractivity contribution in [1.29, 1.82) is 0 Å². The molecule has 2 saturated heterocycles. The molecule has 0 aromatic heterocycles. The van der Waals surface area contributed by atoms with Gasteiger partial charge in [0.15, 0.2) is 0 Å². The summed E-state index contributed by atoms with van der Waals surface area (Å²) in [7, 11) is 0. The fourth-order valence-electron chi connectivity index (χ4n) is 3.84. The third-order valence-corrected chi connectivity index (χ3v) is 5.64. The lowest BCUT2D eigenvalue weighted by Crippen LogP contribution is -2.61. The summed E-state index contributed by atoms with van der Waals surface area (Å²) < 4.78 is 0. The zero-order valence-corrected chi connectivity index (χ0v) is 14.2. The minimum absolute atomic E-state index is 0.595. The van der Waals surface area contributed by atoms with Crippen LogP contribution < -0.4 is 4.90 Å². The SMILES string of the molecule is Cc1ccc(N2CC3CCCCN3CC2C(C)C)cc1Cl. The molecule has 2 nitrogen and oxygen atoms in total. The van der Waals surface area contributed by atoms with Crippen LogP contribution in [0.5, 0.6) is 0 Å². The average Bonchev–Trinajstić information content (AvgIpc) is 2.48. The largest absolute Gasteiger partial charge is 0.365 e. The summed E-state index contributed by atoms with van der Waals surface area (Å²) in [5.74, 6) is 0.660. The van der Waals surface area contributed by atoms with Crippen molar-refractivity contribution in [3.63, 3.8) is 0 Å². The lowest BCUT2D eigenvalue weighted by atomic mass is 9.91. The average molecular weight is 307 g/mol. The molecule has 1 aromatic carbocycles. The molecule has 2 atom stereocenters. The van der Waals surface area contributed by atoms with E-state index >= 15 is 0 Å². The molecule has 0 saturated carbocycles. The van der Waals surface area contributed by atoms with Gasteiger partial charge in [0.25, 0.3) is 0 Å². The van der Waals surface area contributed by atoms with Crippen molar-refractivity contribution in [3.05, 3.63) is 28.8 Å². The molecule has 0 spiro atoms. The van der Waals surface area contributed by atoms with Gasteiger partial charge in [-0.2, -0.15) is 0 Å². The van der Waals surface area contributed by atoms with E-state index in [4.69, 9.17) is 11.6 Å². The maximum atomic E-state index is 6.36. The first-order valence-electron chi connectivity index (χ1n) is 8.33. The second-order valence-corrected chi connectivity index (χ2v) is 7.45. The van der Waals surface area contributed by atoms with Gasteiger partial charge >= 0.3 is 0 Å². The first-order valence-corrected chi connectivity index (χ1v) is 8.71. The molecule has 21 heavy (non-hydrogen) atoms. The maximum absolute atomic E-state index is 6.36. The zero-order valence-electron chi connectivity index (χ0n) is 13.5. The standard InChI is InChI=1S/C18H27ClN2/c1-13(2)18-12-20-9-5-4-6-16(20)11-21(18)15-8-7-14(3)17(19)10-15/h7-8,10,13,16,18H,4-6,9,11-12H2,1-3H3. The van der Waals surface area contributed by atoms with Gasteiger partial charge in [-0.05, 0) is 49.9 Å². The summed E-state index contributed by atoms with van der Waals surface area (Å²) in [5, 5.41) is 0.890. The Hall–Kier alpha value is -0.730. The van der Waals surface area contributed by atoms with Gasteiger partial charge in [0.1, 0.15) is 0 Å². The van der Waals surface area contributed by atoms with Crippen molar-refractivity contribution in [3.8, 4) is 0 Å². The normalized spacial score (nSPS) is 27.0. The number of nitrogens with zero attached hydrogens (tertiary/aromatic N) is 2. The Morgan fingerprint density at radius 3 is 2.71 bits per heavy atom. The lowest BCUT2D eigenvalue weighted by Gasteiger charge is -2.50. The van der Waals surface area contributed by atoms with E-state index in [9.17, 15) is 0 Å². The summed E-state index contributed by atoms with van der Waals surface area (Å²) in [6.07, 6.45) is 4.11. The number of aryl methyl sites for hydroxylation is 1. The molecule has 0 aliphatic carbocycles. The number of fused-ring (bicyclic) bond motifs is 1. The van der Waals surface area contributed by atoms with E-state index in [0.29, 0.717) is 12.0 Å². The third-order valence-electron chi connectivity index (χ3n) is 5.24. The Morgan fingerprint density at radius 1 is 1.19 bits per heavy atom. The van der Waals surface area contributed by atoms with Gasteiger partial charge < -0.3 is 4.90 Å². The molecule has 2 aliphatic rings. The Morgan fingerprint density at radius 2 is 2.00 bits per heavy atom. The number of piperazine rings is 1. The van der Waals surface area contributed by atoms with Crippen molar-refractivity contribution in [2.24, 2.45) is 5.92 Å². The predicted octanol–water partition coefficient (Wildman–Crippen LogP) is 4.35. The fraction of sp³-hybridized carbons (Fsp3) is 0.667. The van der Waals surface area contributed by atoms with Crippen LogP contribution in [-0.2, 0) is 0 Å². The van der Waals surface area contributed by atoms with E-state index in [1.54, 1.807) is 0 Å². The number of piperidine rings is 1. The van der Waals surface area contributed by atoms with Crippen molar-refractivity contribution in [2.75, 3.05) is 24.5 Å². The minimum atomic E-state index is 0.595. The summed E-state index contributed by atoms with van der Waals surface area (Å²) in [4.78, 5) is 5.34. The molecule has 2 fully saturated rings. The Bertz CT molecular complexity index is 500. The molecule has 0 amide bonds. The predicted molar refractivity (Wildman–Crippen MR) is 91.4 cm³/mol. The van der Waals surface area contributed by atoms with Crippen LogP contribution in [0.4, 0.5) is 5.69 Å². The van der Waals surface area contributed by atoms with Crippen LogP contribution in [0.1, 0.15) is 38.7 Å². The van der Waals surface area contributed by atoms with Crippen LogP contribution >= 0.6 is 11.6 Å². The highest BCUT2D eigenvalue weighted by atomic mass is 35.5. The Kier molecular flexibility index (Phi) is 4.46. The Labute approximate surface area is 134 Å².